The number of terminal acetylenes is 1. The van der Waals surface area contributed by atoms with E-state index in [0.717, 1.165) is 0 Å². The summed E-state index contributed by atoms with van der Waals surface area (Å²) in [6.45, 7) is 1.86. The zero-order valence-corrected chi connectivity index (χ0v) is 4.94. The fourth-order valence-electron chi connectivity index (χ4n) is 0.188. The second-order valence-electron chi connectivity index (χ2n) is 1.20. The first kappa shape index (κ1) is 6.59. The van der Waals surface area contributed by atoms with Gasteiger partial charge in [-0.25, -0.2) is 0 Å². The maximum atomic E-state index is 5.47. The Labute approximate surface area is 49.2 Å². The average Bonchev–Trinajstić information content (AvgIpc) is 1.61. The first-order chi connectivity index (χ1) is 3.27. The average molecular weight is 115 g/mol. The van der Waals surface area contributed by atoms with E-state index in [-0.39, 0.29) is 5.38 Å². The van der Waals surface area contributed by atoms with Crippen LogP contribution in [0.15, 0.2) is 12.2 Å². The van der Waals surface area contributed by atoms with Crippen molar-refractivity contribution in [3.63, 3.8) is 0 Å². The fourth-order valence-corrected chi connectivity index (χ4v) is 0.261. The van der Waals surface area contributed by atoms with Crippen LogP contribution >= 0.6 is 11.6 Å². The highest BCUT2D eigenvalue weighted by atomic mass is 35.5. The number of halogens is 1. The van der Waals surface area contributed by atoms with Gasteiger partial charge < -0.3 is 0 Å². The lowest BCUT2D eigenvalue weighted by Crippen LogP contribution is -1.78. The molecule has 0 saturated heterocycles. The van der Waals surface area contributed by atoms with Crippen molar-refractivity contribution in [3.05, 3.63) is 12.2 Å². The molecule has 0 bridgehead atoms. The lowest BCUT2D eigenvalue weighted by molar-refractivity contribution is 1.23. The van der Waals surface area contributed by atoms with Crippen LogP contribution in [0, 0.1) is 12.3 Å². The third-order valence-corrected chi connectivity index (χ3v) is 0.603. The SMILES string of the molecule is C#C/C=C\C(C)Cl. The summed E-state index contributed by atoms with van der Waals surface area (Å²) < 4.78 is 0. The van der Waals surface area contributed by atoms with E-state index in [0.29, 0.717) is 0 Å². The van der Waals surface area contributed by atoms with Crippen LogP contribution in [0.4, 0.5) is 0 Å². The van der Waals surface area contributed by atoms with Crippen LogP contribution in [0.3, 0.4) is 0 Å². The molecular weight excluding hydrogens is 108 g/mol. The van der Waals surface area contributed by atoms with Gasteiger partial charge in [0.2, 0.25) is 0 Å². The molecule has 1 atom stereocenters. The van der Waals surface area contributed by atoms with Gasteiger partial charge in [0.15, 0.2) is 0 Å². The van der Waals surface area contributed by atoms with Gasteiger partial charge in [-0.2, -0.15) is 0 Å². The Kier molecular flexibility index (Phi) is 3.55. The number of rotatable bonds is 1. The van der Waals surface area contributed by atoms with E-state index in [9.17, 15) is 0 Å². The third-order valence-electron chi connectivity index (χ3n) is 0.458. The number of alkyl halides is 1. The quantitative estimate of drug-likeness (QED) is 0.360. The van der Waals surface area contributed by atoms with Crippen LogP contribution in [-0.4, -0.2) is 5.38 Å². The summed E-state index contributed by atoms with van der Waals surface area (Å²) in [7, 11) is 0. The molecule has 0 saturated carbocycles. The molecule has 38 valence electrons. The van der Waals surface area contributed by atoms with Crippen molar-refractivity contribution < 1.29 is 0 Å². The van der Waals surface area contributed by atoms with E-state index < -0.39 is 0 Å². The van der Waals surface area contributed by atoms with Gasteiger partial charge in [0.25, 0.3) is 0 Å². The van der Waals surface area contributed by atoms with Crippen LogP contribution in [0.5, 0.6) is 0 Å². The predicted molar refractivity (Wildman–Crippen MR) is 33.3 cm³/mol. The first-order valence-electron chi connectivity index (χ1n) is 2.04. The summed E-state index contributed by atoms with van der Waals surface area (Å²) in [5, 5.41) is 0.0519. The Hall–Kier alpha value is -0.410. The maximum absolute atomic E-state index is 5.47. The molecule has 0 rings (SSSR count). The largest absolute Gasteiger partial charge is 0.119 e. The number of allylic oxidation sites excluding steroid dienone is 2. The van der Waals surface area contributed by atoms with Crippen molar-refractivity contribution in [2.45, 2.75) is 12.3 Å². The topological polar surface area (TPSA) is 0 Å². The van der Waals surface area contributed by atoms with Gasteiger partial charge in [0.05, 0.1) is 0 Å². The summed E-state index contributed by atoms with van der Waals surface area (Å²) >= 11 is 5.47. The summed E-state index contributed by atoms with van der Waals surface area (Å²) in [6.07, 6.45) is 8.23. The van der Waals surface area contributed by atoms with Crippen molar-refractivity contribution >= 4 is 11.6 Å². The van der Waals surface area contributed by atoms with Crippen LogP contribution in [0.1, 0.15) is 6.92 Å². The molecule has 0 fully saturated rings. The van der Waals surface area contributed by atoms with E-state index in [1.54, 1.807) is 12.2 Å². The van der Waals surface area contributed by atoms with Crippen molar-refractivity contribution in [1.29, 1.82) is 0 Å². The smallest absolute Gasteiger partial charge is 0.0496 e. The van der Waals surface area contributed by atoms with E-state index in [1.165, 1.54) is 0 Å². The third kappa shape index (κ3) is 5.59. The molecule has 0 aliphatic heterocycles. The van der Waals surface area contributed by atoms with Crippen molar-refractivity contribution in [2.75, 3.05) is 0 Å². The second-order valence-corrected chi connectivity index (χ2v) is 1.89. The molecule has 0 aliphatic rings. The molecule has 1 unspecified atom stereocenters. The fraction of sp³-hybridized carbons (Fsp3) is 0.333. The number of hydrogen-bond donors (Lipinski definition) is 0. The van der Waals surface area contributed by atoms with Gasteiger partial charge in [0, 0.05) is 5.38 Å². The Morgan fingerprint density at radius 2 is 2.43 bits per heavy atom. The molecule has 0 amide bonds. The Morgan fingerprint density at radius 3 is 2.57 bits per heavy atom. The highest BCUT2D eigenvalue weighted by Crippen LogP contribution is 1.92. The highest BCUT2D eigenvalue weighted by Gasteiger charge is 1.80. The molecule has 7 heavy (non-hydrogen) atoms. The van der Waals surface area contributed by atoms with Crippen molar-refractivity contribution in [3.8, 4) is 12.3 Å². The first-order valence-corrected chi connectivity index (χ1v) is 2.48. The predicted octanol–water partition coefficient (Wildman–Crippen LogP) is 1.80. The summed E-state index contributed by atoms with van der Waals surface area (Å²) in [5.41, 5.74) is 0. The van der Waals surface area contributed by atoms with Crippen molar-refractivity contribution in [2.24, 2.45) is 0 Å². The van der Waals surface area contributed by atoms with Crippen LogP contribution < -0.4 is 0 Å². The van der Waals surface area contributed by atoms with E-state index >= 15 is 0 Å². The van der Waals surface area contributed by atoms with E-state index in [1.807, 2.05) is 6.92 Å². The van der Waals surface area contributed by atoms with E-state index in [2.05, 4.69) is 5.92 Å². The maximum Gasteiger partial charge on any atom is 0.0496 e. The Bertz CT molecular complexity index is 95.2. The summed E-state index contributed by atoms with van der Waals surface area (Å²) in [4.78, 5) is 0. The Morgan fingerprint density at radius 1 is 1.86 bits per heavy atom. The summed E-state index contributed by atoms with van der Waals surface area (Å²) in [5.74, 6) is 2.33. The van der Waals surface area contributed by atoms with Gasteiger partial charge in [-0.3, -0.25) is 0 Å². The van der Waals surface area contributed by atoms with Crippen LogP contribution in [-0.2, 0) is 0 Å². The zero-order chi connectivity index (χ0) is 5.70. The Balaban J connectivity index is 3.31. The molecule has 0 aromatic carbocycles. The molecule has 0 aromatic heterocycles. The molecule has 0 heterocycles. The molecular formula is C6H7Cl. The lowest BCUT2D eigenvalue weighted by atomic mass is 10.4. The molecule has 0 nitrogen and oxygen atoms in total. The molecule has 0 aromatic rings. The standard InChI is InChI=1S/C6H7Cl/c1-3-4-5-6(2)7/h1,4-6H,2H3/b5-4-. The zero-order valence-electron chi connectivity index (χ0n) is 4.19. The molecule has 0 spiro atoms. The highest BCUT2D eigenvalue weighted by molar-refractivity contribution is 6.21. The van der Waals surface area contributed by atoms with Gasteiger partial charge >= 0.3 is 0 Å². The normalized spacial score (nSPS) is 13.9. The van der Waals surface area contributed by atoms with Gasteiger partial charge in [0.1, 0.15) is 0 Å². The number of hydrogen-bond acceptors (Lipinski definition) is 0. The molecule has 0 radical (unpaired) electrons. The molecule has 0 N–H and O–H groups in total. The van der Waals surface area contributed by atoms with Crippen molar-refractivity contribution in [1.82, 2.24) is 0 Å². The minimum Gasteiger partial charge on any atom is -0.119 e. The summed E-state index contributed by atoms with van der Waals surface area (Å²) in [6, 6.07) is 0. The minimum absolute atomic E-state index is 0.0519. The molecule has 1 heteroatoms. The van der Waals surface area contributed by atoms with Crippen LogP contribution in [0.25, 0.3) is 0 Å². The monoisotopic (exact) mass is 114 g/mol. The van der Waals surface area contributed by atoms with Gasteiger partial charge in [-0.15, -0.1) is 18.0 Å². The molecule has 0 aliphatic carbocycles. The minimum atomic E-state index is 0.0519. The lowest BCUT2D eigenvalue weighted by Gasteiger charge is -1.83. The van der Waals surface area contributed by atoms with Crippen LogP contribution in [0.2, 0.25) is 0 Å². The second kappa shape index (κ2) is 3.77. The van der Waals surface area contributed by atoms with Gasteiger partial charge in [-0.1, -0.05) is 12.0 Å². The van der Waals surface area contributed by atoms with Gasteiger partial charge in [-0.05, 0) is 13.0 Å². The van der Waals surface area contributed by atoms with E-state index in [4.69, 9.17) is 18.0 Å².